The van der Waals surface area contributed by atoms with Crippen LogP contribution in [0.25, 0.3) is 0 Å². The number of ether oxygens (including phenoxy) is 1. The van der Waals surface area contributed by atoms with Crippen molar-refractivity contribution in [3.63, 3.8) is 0 Å². The molecule has 2 aromatic rings. The summed E-state index contributed by atoms with van der Waals surface area (Å²) in [5, 5.41) is 3.35. The first kappa shape index (κ1) is 22.9. The van der Waals surface area contributed by atoms with Crippen LogP contribution in [0.15, 0.2) is 41.3 Å². The average molecular weight is 471 g/mol. The number of sulfonamides is 1. The van der Waals surface area contributed by atoms with Gasteiger partial charge in [0.2, 0.25) is 10.0 Å². The first-order valence-electron chi connectivity index (χ1n) is 9.75. The lowest BCUT2D eigenvalue weighted by Crippen LogP contribution is -2.36. The molecule has 1 aliphatic carbocycles. The van der Waals surface area contributed by atoms with Gasteiger partial charge in [-0.05, 0) is 55.7 Å². The fourth-order valence-electron chi connectivity index (χ4n) is 3.28. The molecular weight excluding hydrogens is 447 g/mol. The fourth-order valence-corrected chi connectivity index (χ4v) is 5.10. The van der Waals surface area contributed by atoms with Crippen molar-refractivity contribution in [3.05, 3.63) is 52.0 Å². The van der Waals surface area contributed by atoms with Crippen LogP contribution in [0.5, 0.6) is 5.75 Å². The van der Waals surface area contributed by atoms with E-state index in [1.165, 1.54) is 18.2 Å². The molecule has 0 radical (unpaired) electrons. The SMILES string of the molecule is Cc1ccc(NC(=O)COc2ccc(S(=O)(=O)NC3CCCCC3)cc2Cl)cc1Cl. The van der Waals surface area contributed by atoms with Gasteiger partial charge in [-0.3, -0.25) is 4.79 Å². The number of hydrogen-bond donors (Lipinski definition) is 2. The summed E-state index contributed by atoms with van der Waals surface area (Å²) in [4.78, 5) is 12.2. The molecule has 0 atom stereocenters. The van der Waals surface area contributed by atoms with Crippen LogP contribution in [0.2, 0.25) is 10.0 Å². The van der Waals surface area contributed by atoms with Gasteiger partial charge in [0.25, 0.3) is 5.91 Å². The Morgan fingerprint density at radius 1 is 1.07 bits per heavy atom. The number of amides is 1. The Kier molecular flexibility index (Phi) is 7.63. The third-order valence-corrected chi connectivity index (χ3v) is 7.18. The van der Waals surface area contributed by atoms with E-state index in [1.807, 2.05) is 6.92 Å². The maximum atomic E-state index is 12.6. The van der Waals surface area contributed by atoms with Crippen molar-refractivity contribution in [2.45, 2.75) is 50.0 Å². The molecule has 0 spiro atoms. The summed E-state index contributed by atoms with van der Waals surface area (Å²) in [7, 11) is -3.66. The van der Waals surface area contributed by atoms with Crippen LogP contribution in [0.4, 0.5) is 5.69 Å². The highest BCUT2D eigenvalue weighted by Crippen LogP contribution is 2.28. The number of nitrogens with one attached hydrogen (secondary N) is 2. The highest BCUT2D eigenvalue weighted by Gasteiger charge is 2.22. The molecule has 0 aromatic heterocycles. The van der Waals surface area contributed by atoms with E-state index in [0.717, 1.165) is 37.7 Å². The maximum Gasteiger partial charge on any atom is 0.262 e. The number of rotatable bonds is 7. The summed E-state index contributed by atoms with van der Waals surface area (Å²) in [6.45, 7) is 1.59. The Bertz CT molecular complexity index is 1020. The topological polar surface area (TPSA) is 84.5 Å². The molecule has 2 aromatic carbocycles. The second-order valence-electron chi connectivity index (χ2n) is 7.35. The van der Waals surface area contributed by atoms with Crippen molar-refractivity contribution in [2.24, 2.45) is 0 Å². The normalized spacial score (nSPS) is 15.0. The van der Waals surface area contributed by atoms with E-state index in [2.05, 4.69) is 10.0 Å². The van der Waals surface area contributed by atoms with Gasteiger partial charge in [-0.25, -0.2) is 13.1 Å². The van der Waals surface area contributed by atoms with Crippen molar-refractivity contribution < 1.29 is 17.9 Å². The highest BCUT2D eigenvalue weighted by atomic mass is 35.5. The Hall–Kier alpha value is -1.80. The predicted molar refractivity (Wildman–Crippen MR) is 119 cm³/mol. The lowest BCUT2D eigenvalue weighted by molar-refractivity contribution is -0.118. The van der Waals surface area contributed by atoms with Gasteiger partial charge in [0, 0.05) is 16.8 Å². The van der Waals surface area contributed by atoms with Gasteiger partial charge in [0.05, 0.1) is 9.92 Å². The number of halogens is 2. The molecule has 9 heteroatoms. The van der Waals surface area contributed by atoms with Crippen LogP contribution in [0, 0.1) is 6.92 Å². The Labute approximate surface area is 187 Å². The predicted octanol–water partition coefficient (Wildman–Crippen LogP) is 4.93. The Morgan fingerprint density at radius 2 is 1.80 bits per heavy atom. The lowest BCUT2D eigenvalue weighted by Gasteiger charge is -2.22. The van der Waals surface area contributed by atoms with Crippen molar-refractivity contribution in [1.82, 2.24) is 4.72 Å². The monoisotopic (exact) mass is 470 g/mol. The van der Waals surface area contributed by atoms with E-state index in [-0.39, 0.29) is 34.2 Å². The number of aryl methyl sites for hydroxylation is 1. The van der Waals surface area contributed by atoms with Gasteiger partial charge in [-0.15, -0.1) is 0 Å². The van der Waals surface area contributed by atoms with Gasteiger partial charge >= 0.3 is 0 Å². The van der Waals surface area contributed by atoms with Crippen molar-refractivity contribution in [3.8, 4) is 5.75 Å². The Morgan fingerprint density at radius 3 is 2.47 bits per heavy atom. The van der Waals surface area contributed by atoms with Gasteiger partial charge in [0.1, 0.15) is 5.75 Å². The molecule has 1 fully saturated rings. The molecule has 162 valence electrons. The van der Waals surface area contributed by atoms with Crippen LogP contribution in [-0.2, 0) is 14.8 Å². The van der Waals surface area contributed by atoms with Crippen LogP contribution < -0.4 is 14.8 Å². The number of hydrogen-bond acceptors (Lipinski definition) is 4. The maximum absolute atomic E-state index is 12.6. The minimum absolute atomic E-state index is 0.0441. The number of carbonyl (C=O) groups is 1. The molecule has 1 amide bonds. The quantitative estimate of drug-likeness (QED) is 0.600. The van der Waals surface area contributed by atoms with Crippen LogP contribution >= 0.6 is 23.2 Å². The van der Waals surface area contributed by atoms with Crippen molar-refractivity contribution in [2.75, 3.05) is 11.9 Å². The van der Waals surface area contributed by atoms with E-state index in [9.17, 15) is 13.2 Å². The second kappa shape index (κ2) is 10.0. The number of carbonyl (C=O) groups excluding carboxylic acids is 1. The van der Waals surface area contributed by atoms with Gasteiger partial charge in [-0.1, -0.05) is 48.5 Å². The van der Waals surface area contributed by atoms with Crippen LogP contribution in [-0.4, -0.2) is 27.0 Å². The number of benzene rings is 2. The second-order valence-corrected chi connectivity index (χ2v) is 9.88. The highest BCUT2D eigenvalue weighted by molar-refractivity contribution is 7.89. The van der Waals surface area contributed by atoms with Crippen molar-refractivity contribution >= 4 is 44.8 Å². The third-order valence-electron chi connectivity index (χ3n) is 4.95. The molecular formula is C21H24Cl2N2O4S. The molecule has 3 rings (SSSR count). The molecule has 0 heterocycles. The van der Waals surface area contributed by atoms with Gasteiger partial charge < -0.3 is 10.1 Å². The molecule has 1 saturated carbocycles. The Balaban J connectivity index is 1.59. The molecule has 6 nitrogen and oxygen atoms in total. The molecule has 0 saturated heterocycles. The minimum atomic E-state index is -3.66. The largest absolute Gasteiger partial charge is 0.482 e. The summed E-state index contributed by atoms with van der Waals surface area (Å²) in [5.74, 6) is -0.160. The van der Waals surface area contributed by atoms with Crippen LogP contribution in [0.1, 0.15) is 37.7 Å². The molecule has 2 N–H and O–H groups in total. The first-order chi connectivity index (χ1) is 14.2. The number of anilines is 1. The summed E-state index contributed by atoms with van der Waals surface area (Å²) in [5.41, 5.74) is 1.46. The minimum Gasteiger partial charge on any atom is -0.482 e. The summed E-state index contributed by atoms with van der Waals surface area (Å²) in [6.07, 6.45) is 4.88. The van der Waals surface area contributed by atoms with E-state index in [0.29, 0.717) is 10.7 Å². The molecule has 0 unspecified atom stereocenters. The summed E-state index contributed by atoms with van der Waals surface area (Å²) < 4.78 is 33.4. The average Bonchev–Trinajstić information content (AvgIpc) is 2.70. The molecule has 0 bridgehead atoms. The van der Waals surface area contributed by atoms with Gasteiger partial charge in [0.15, 0.2) is 6.61 Å². The third kappa shape index (κ3) is 6.11. The molecule has 30 heavy (non-hydrogen) atoms. The standard InChI is InChI=1S/C21H24Cl2N2O4S/c1-14-7-8-16(11-18(14)22)24-21(26)13-29-20-10-9-17(12-19(20)23)30(27,28)25-15-5-3-2-4-6-15/h7-12,15,25H,2-6,13H2,1H3,(H,24,26). The zero-order valence-corrected chi connectivity index (χ0v) is 18.9. The first-order valence-corrected chi connectivity index (χ1v) is 12.0. The molecule has 0 aliphatic heterocycles. The van der Waals surface area contributed by atoms with E-state index in [4.69, 9.17) is 27.9 Å². The zero-order chi connectivity index (χ0) is 21.7. The molecule has 1 aliphatic rings. The smallest absolute Gasteiger partial charge is 0.262 e. The zero-order valence-electron chi connectivity index (χ0n) is 16.6. The van der Waals surface area contributed by atoms with Crippen LogP contribution in [0.3, 0.4) is 0 Å². The van der Waals surface area contributed by atoms with E-state index >= 15 is 0 Å². The fraction of sp³-hybridized carbons (Fsp3) is 0.381. The van der Waals surface area contributed by atoms with E-state index in [1.54, 1.807) is 18.2 Å². The van der Waals surface area contributed by atoms with E-state index < -0.39 is 10.0 Å². The lowest BCUT2D eigenvalue weighted by atomic mass is 9.96. The van der Waals surface area contributed by atoms with Crippen molar-refractivity contribution in [1.29, 1.82) is 0 Å². The summed E-state index contributed by atoms with van der Waals surface area (Å²) in [6, 6.07) is 9.36. The van der Waals surface area contributed by atoms with Gasteiger partial charge in [-0.2, -0.15) is 0 Å². The summed E-state index contributed by atoms with van der Waals surface area (Å²) >= 11 is 12.2.